The molecule has 1 amide bonds. The van der Waals surface area contributed by atoms with Crippen molar-refractivity contribution in [2.45, 2.75) is 45.1 Å². The summed E-state index contributed by atoms with van der Waals surface area (Å²) in [6, 6.07) is 6.80. The Kier molecular flexibility index (Phi) is 7.09. The molecule has 1 aromatic rings. The quantitative estimate of drug-likeness (QED) is 0.536. The van der Waals surface area contributed by atoms with Crippen molar-refractivity contribution in [3.63, 3.8) is 0 Å². The number of carbonyl (C=O) groups excluding carboxylic acids is 3. The summed E-state index contributed by atoms with van der Waals surface area (Å²) < 4.78 is 9.66. The molecule has 8 heteroatoms. The maximum absolute atomic E-state index is 13.0. The van der Waals surface area contributed by atoms with Crippen LogP contribution in [0.4, 0.5) is 5.69 Å². The van der Waals surface area contributed by atoms with Crippen LogP contribution in [0.15, 0.2) is 40.2 Å². The molecule has 1 aromatic carbocycles. The normalized spacial score (nSPS) is 20.3. The molecule has 0 atom stereocenters. The first kappa shape index (κ1) is 21.1. The molecule has 1 saturated heterocycles. The van der Waals surface area contributed by atoms with E-state index in [1.807, 2.05) is 0 Å². The fourth-order valence-electron chi connectivity index (χ4n) is 3.39. The molecule has 2 fully saturated rings. The van der Waals surface area contributed by atoms with E-state index < -0.39 is 5.97 Å². The van der Waals surface area contributed by atoms with Gasteiger partial charge in [-0.1, -0.05) is 19.3 Å². The smallest absolute Gasteiger partial charge is 0.338 e. The monoisotopic (exact) mass is 416 g/mol. The van der Waals surface area contributed by atoms with E-state index in [1.165, 1.54) is 31.4 Å². The number of amides is 1. The van der Waals surface area contributed by atoms with E-state index in [0.717, 1.165) is 25.7 Å². The van der Waals surface area contributed by atoms with Crippen molar-refractivity contribution in [3.8, 4) is 0 Å². The summed E-state index contributed by atoms with van der Waals surface area (Å²) in [5.74, 6) is -1.16. The Balaban J connectivity index is 1.89. The summed E-state index contributed by atoms with van der Waals surface area (Å²) >= 11 is 1.17. The van der Waals surface area contributed by atoms with E-state index in [9.17, 15) is 14.4 Å². The molecule has 1 saturated carbocycles. The SMILES string of the molecule is CCOC(=O)c1ccc(N=C2SC(=CC(=O)OC)C(=O)N2C2CCCCC2)cc1. The van der Waals surface area contributed by atoms with Gasteiger partial charge in [-0.3, -0.25) is 9.69 Å². The Labute approximate surface area is 174 Å². The summed E-state index contributed by atoms with van der Waals surface area (Å²) in [6.45, 7) is 2.07. The van der Waals surface area contributed by atoms with Crippen LogP contribution in [-0.4, -0.2) is 47.7 Å². The zero-order chi connectivity index (χ0) is 20.8. The minimum absolute atomic E-state index is 0.0739. The fraction of sp³-hybridized carbons (Fsp3) is 0.429. The van der Waals surface area contributed by atoms with Crippen LogP contribution in [0.3, 0.4) is 0 Å². The molecule has 0 radical (unpaired) electrons. The van der Waals surface area contributed by atoms with Crippen LogP contribution in [-0.2, 0) is 19.1 Å². The highest BCUT2D eigenvalue weighted by molar-refractivity contribution is 8.18. The third-order valence-electron chi connectivity index (χ3n) is 4.83. The summed E-state index contributed by atoms with van der Waals surface area (Å²) in [6.07, 6.45) is 6.35. The van der Waals surface area contributed by atoms with Gasteiger partial charge in [0.25, 0.3) is 5.91 Å². The van der Waals surface area contributed by atoms with Crippen molar-refractivity contribution in [1.29, 1.82) is 0 Å². The molecule has 1 heterocycles. The number of thioether (sulfide) groups is 1. The second-order valence-corrected chi connectivity index (χ2v) is 7.77. The Bertz CT molecular complexity index is 841. The summed E-state index contributed by atoms with van der Waals surface area (Å²) in [7, 11) is 1.28. The molecule has 0 bridgehead atoms. The number of ether oxygens (including phenoxy) is 2. The van der Waals surface area contributed by atoms with Gasteiger partial charge in [-0.05, 0) is 55.8 Å². The lowest BCUT2D eigenvalue weighted by Crippen LogP contribution is -2.40. The highest BCUT2D eigenvalue weighted by Gasteiger charge is 2.39. The molecule has 3 rings (SSSR count). The van der Waals surface area contributed by atoms with Gasteiger partial charge in [0.2, 0.25) is 0 Å². The first-order valence-corrected chi connectivity index (χ1v) is 10.5. The van der Waals surface area contributed by atoms with E-state index in [2.05, 4.69) is 9.73 Å². The highest BCUT2D eigenvalue weighted by atomic mass is 32.2. The maximum Gasteiger partial charge on any atom is 0.338 e. The third kappa shape index (κ3) is 5.06. The Hall–Kier alpha value is -2.61. The molecule has 1 aliphatic carbocycles. The number of methoxy groups -OCH3 is 1. The van der Waals surface area contributed by atoms with Gasteiger partial charge >= 0.3 is 11.9 Å². The highest BCUT2D eigenvalue weighted by Crippen LogP contribution is 2.37. The van der Waals surface area contributed by atoms with Gasteiger partial charge in [0.1, 0.15) is 0 Å². The average molecular weight is 416 g/mol. The van der Waals surface area contributed by atoms with Gasteiger partial charge in [0.15, 0.2) is 5.17 Å². The van der Waals surface area contributed by atoms with E-state index in [1.54, 1.807) is 36.1 Å². The number of amidine groups is 1. The Morgan fingerprint density at radius 1 is 1.21 bits per heavy atom. The van der Waals surface area contributed by atoms with Gasteiger partial charge < -0.3 is 9.47 Å². The van der Waals surface area contributed by atoms with Gasteiger partial charge in [-0.15, -0.1) is 0 Å². The van der Waals surface area contributed by atoms with Crippen LogP contribution in [0, 0.1) is 0 Å². The van der Waals surface area contributed by atoms with E-state index >= 15 is 0 Å². The summed E-state index contributed by atoms with van der Waals surface area (Å²) in [5.41, 5.74) is 1.06. The van der Waals surface area contributed by atoms with Crippen molar-refractivity contribution in [2.75, 3.05) is 13.7 Å². The van der Waals surface area contributed by atoms with Crippen LogP contribution in [0.5, 0.6) is 0 Å². The van der Waals surface area contributed by atoms with Gasteiger partial charge in [0, 0.05) is 12.1 Å². The fourth-order valence-corrected chi connectivity index (χ4v) is 4.41. The van der Waals surface area contributed by atoms with Crippen LogP contribution >= 0.6 is 11.8 Å². The second-order valence-electron chi connectivity index (χ2n) is 6.76. The topological polar surface area (TPSA) is 85.3 Å². The molecule has 0 N–H and O–H groups in total. The standard InChI is InChI=1S/C21H24N2O5S/c1-3-28-20(26)14-9-11-15(12-10-14)22-21-23(16-7-5-4-6-8-16)19(25)17(29-21)13-18(24)27-2/h9-13,16H,3-8H2,1-2H3. The predicted octanol–water partition coefficient (Wildman–Crippen LogP) is 3.82. The summed E-state index contributed by atoms with van der Waals surface area (Å²) in [5, 5.41) is 0.543. The molecule has 1 aliphatic heterocycles. The summed E-state index contributed by atoms with van der Waals surface area (Å²) in [4.78, 5) is 43.1. The Morgan fingerprint density at radius 3 is 2.52 bits per heavy atom. The molecule has 154 valence electrons. The van der Waals surface area contributed by atoms with E-state index in [-0.39, 0.29) is 17.9 Å². The molecular weight excluding hydrogens is 392 g/mol. The number of hydrogen-bond donors (Lipinski definition) is 0. The number of esters is 2. The lowest BCUT2D eigenvalue weighted by Gasteiger charge is -2.30. The third-order valence-corrected chi connectivity index (χ3v) is 5.81. The molecule has 29 heavy (non-hydrogen) atoms. The minimum atomic E-state index is -0.565. The first-order valence-electron chi connectivity index (χ1n) is 9.70. The maximum atomic E-state index is 13.0. The number of hydrogen-bond acceptors (Lipinski definition) is 7. The van der Waals surface area contributed by atoms with E-state index in [0.29, 0.717) is 27.9 Å². The van der Waals surface area contributed by atoms with Crippen molar-refractivity contribution in [3.05, 3.63) is 40.8 Å². The number of nitrogens with zero attached hydrogens (tertiary/aromatic N) is 2. The largest absolute Gasteiger partial charge is 0.466 e. The zero-order valence-corrected chi connectivity index (χ0v) is 17.4. The average Bonchev–Trinajstić information content (AvgIpc) is 3.03. The lowest BCUT2D eigenvalue weighted by molar-refractivity contribution is -0.135. The number of carbonyl (C=O) groups is 3. The van der Waals surface area contributed by atoms with Gasteiger partial charge in [-0.2, -0.15) is 0 Å². The Morgan fingerprint density at radius 2 is 1.90 bits per heavy atom. The van der Waals surface area contributed by atoms with Gasteiger partial charge in [-0.25, -0.2) is 14.6 Å². The van der Waals surface area contributed by atoms with Crippen LogP contribution in [0.25, 0.3) is 0 Å². The molecule has 0 spiro atoms. The number of benzene rings is 1. The van der Waals surface area contributed by atoms with Crippen molar-refractivity contribution < 1.29 is 23.9 Å². The second kappa shape index (κ2) is 9.73. The minimum Gasteiger partial charge on any atom is -0.466 e. The van der Waals surface area contributed by atoms with E-state index in [4.69, 9.17) is 4.74 Å². The number of aliphatic imine (C=N–C) groups is 1. The molecule has 7 nitrogen and oxygen atoms in total. The van der Waals surface area contributed by atoms with Gasteiger partial charge in [0.05, 0.1) is 29.9 Å². The molecular formula is C21H24N2O5S. The lowest BCUT2D eigenvalue weighted by atomic mass is 9.94. The van der Waals surface area contributed by atoms with Crippen molar-refractivity contribution in [2.24, 2.45) is 4.99 Å². The molecule has 2 aliphatic rings. The van der Waals surface area contributed by atoms with Crippen LogP contribution < -0.4 is 0 Å². The molecule has 0 aromatic heterocycles. The number of rotatable bonds is 5. The predicted molar refractivity (Wildman–Crippen MR) is 111 cm³/mol. The van der Waals surface area contributed by atoms with Crippen LogP contribution in [0.2, 0.25) is 0 Å². The van der Waals surface area contributed by atoms with Crippen molar-refractivity contribution >= 4 is 40.5 Å². The zero-order valence-electron chi connectivity index (χ0n) is 16.6. The van der Waals surface area contributed by atoms with Crippen molar-refractivity contribution in [1.82, 2.24) is 4.90 Å². The molecule has 0 unspecified atom stereocenters. The first-order chi connectivity index (χ1) is 14.0. The van der Waals surface area contributed by atoms with Crippen LogP contribution in [0.1, 0.15) is 49.4 Å².